The van der Waals surface area contributed by atoms with Gasteiger partial charge in [-0.15, -0.1) is 11.8 Å². The first kappa shape index (κ1) is 19.0. The summed E-state index contributed by atoms with van der Waals surface area (Å²) in [5.74, 6) is 0.975. The highest BCUT2D eigenvalue weighted by atomic mass is 32.2. The average molecular weight is 382 g/mol. The Kier molecular flexibility index (Phi) is 6.54. The third-order valence-corrected chi connectivity index (χ3v) is 5.19. The van der Waals surface area contributed by atoms with Crippen molar-refractivity contribution >= 4 is 23.4 Å². The van der Waals surface area contributed by atoms with Gasteiger partial charge in [0.05, 0.1) is 24.3 Å². The van der Waals surface area contributed by atoms with Crippen LogP contribution in [0.25, 0.3) is 0 Å². The number of nitrogens with one attached hydrogen (secondary N) is 1. The van der Waals surface area contributed by atoms with Crippen LogP contribution in [0.1, 0.15) is 11.1 Å². The fraction of sp³-hybridized carbons (Fsp3) is 0.238. The van der Waals surface area contributed by atoms with Crippen LogP contribution in [-0.2, 0) is 11.3 Å². The van der Waals surface area contributed by atoms with Crippen LogP contribution >= 0.6 is 11.8 Å². The summed E-state index contributed by atoms with van der Waals surface area (Å²) in [6.45, 7) is 5.31. The van der Waals surface area contributed by atoms with Crippen LogP contribution in [0.15, 0.2) is 66.1 Å². The van der Waals surface area contributed by atoms with E-state index in [4.69, 9.17) is 4.74 Å². The first-order valence-electron chi connectivity index (χ1n) is 8.79. The highest BCUT2D eigenvalue weighted by Gasteiger charge is 2.09. The number of ether oxygens (including phenoxy) is 1. The average Bonchev–Trinajstić information content (AvgIpc) is 3.17. The van der Waals surface area contributed by atoms with E-state index in [1.807, 2.05) is 35.0 Å². The molecule has 0 aliphatic carbocycles. The molecule has 1 aromatic heterocycles. The SMILES string of the molecule is Cc1ccc(C)c(SCC(=O)Nc2ccccc2OCCn2ccnc2)c1. The number of carbonyl (C=O) groups is 1. The minimum absolute atomic E-state index is 0.0495. The number of thioether (sulfide) groups is 1. The molecule has 1 heterocycles. The molecule has 3 aromatic rings. The molecule has 27 heavy (non-hydrogen) atoms. The van der Waals surface area contributed by atoms with Gasteiger partial charge in [0, 0.05) is 17.3 Å². The van der Waals surface area contributed by atoms with E-state index in [9.17, 15) is 4.79 Å². The summed E-state index contributed by atoms with van der Waals surface area (Å²) >= 11 is 1.55. The maximum absolute atomic E-state index is 12.4. The van der Waals surface area contributed by atoms with Gasteiger partial charge in [-0.1, -0.05) is 29.8 Å². The van der Waals surface area contributed by atoms with Crippen LogP contribution < -0.4 is 10.1 Å². The lowest BCUT2D eigenvalue weighted by Gasteiger charge is -2.13. The Labute approximate surface area is 163 Å². The number of hydrogen-bond donors (Lipinski definition) is 1. The van der Waals surface area contributed by atoms with E-state index in [0.29, 0.717) is 30.3 Å². The zero-order chi connectivity index (χ0) is 19.1. The molecule has 0 spiro atoms. The van der Waals surface area contributed by atoms with Gasteiger partial charge in [0.25, 0.3) is 0 Å². The van der Waals surface area contributed by atoms with E-state index in [1.54, 1.807) is 24.3 Å². The predicted octanol–water partition coefficient (Wildman–Crippen LogP) is 4.31. The largest absolute Gasteiger partial charge is 0.490 e. The van der Waals surface area contributed by atoms with Crippen molar-refractivity contribution in [2.24, 2.45) is 0 Å². The van der Waals surface area contributed by atoms with E-state index < -0.39 is 0 Å². The van der Waals surface area contributed by atoms with E-state index in [-0.39, 0.29) is 5.91 Å². The molecular weight excluding hydrogens is 358 g/mol. The molecule has 1 N–H and O–H groups in total. The molecule has 5 nitrogen and oxygen atoms in total. The van der Waals surface area contributed by atoms with Crippen LogP contribution in [-0.4, -0.2) is 27.8 Å². The lowest BCUT2D eigenvalue weighted by molar-refractivity contribution is -0.113. The van der Waals surface area contributed by atoms with Gasteiger partial charge < -0.3 is 14.6 Å². The number of carbonyl (C=O) groups excluding carboxylic acids is 1. The van der Waals surface area contributed by atoms with Crippen molar-refractivity contribution in [2.75, 3.05) is 17.7 Å². The van der Waals surface area contributed by atoms with Gasteiger partial charge in [-0.3, -0.25) is 4.79 Å². The van der Waals surface area contributed by atoms with Gasteiger partial charge in [0.2, 0.25) is 5.91 Å². The van der Waals surface area contributed by atoms with E-state index in [1.165, 1.54) is 11.1 Å². The van der Waals surface area contributed by atoms with Crippen LogP contribution in [0.3, 0.4) is 0 Å². The van der Waals surface area contributed by atoms with E-state index >= 15 is 0 Å². The second kappa shape index (κ2) is 9.28. The Morgan fingerprint density at radius 1 is 1.22 bits per heavy atom. The van der Waals surface area contributed by atoms with Crippen LogP contribution in [0.4, 0.5) is 5.69 Å². The second-order valence-corrected chi connectivity index (χ2v) is 7.27. The number of anilines is 1. The van der Waals surface area contributed by atoms with Crippen LogP contribution in [0.5, 0.6) is 5.75 Å². The van der Waals surface area contributed by atoms with E-state index in [0.717, 1.165) is 4.90 Å². The van der Waals surface area contributed by atoms with Crippen molar-refractivity contribution in [2.45, 2.75) is 25.3 Å². The van der Waals surface area contributed by atoms with Crippen molar-refractivity contribution in [3.8, 4) is 5.75 Å². The molecule has 1 amide bonds. The maximum atomic E-state index is 12.4. The molecule has 0 aliphatic rings. The van der Waals surface area contributed by atoms with Gasteiger partial charge in [0.15, 0.2) is 0 Å². The molecule has 0 atom stereocenters. The summed E-state index contributed by atoms with van der Waals surface area (Å²) in [5, 5.41) is 2.95. The lowest BCUT2D eigenvalue weighted by Crippen LogP contribution is -2.15. The third-order valence-electron chi connectivity index (χ3n) is 4.03. The fourth-order valence-corrected chi connectivity index (χ4v) is 3.49. The van der Waals surface area contributed by atoms with Gasteiger partial charge >= 0.3 is 0 Å². The number of amides is 1. The number of aromatic nitrogens is 2. The first-order chi connectivity index (χ1) is 13.1. The quantitative estimate of drug-likeness (QED) is 0.591. The summed E-state index contributed by atoms with van der Waals surface area (Å²) in [7, 11) is 0. The van der Waals surface area contributed by atoms with Crippen molar-refractivity contribution in [1.82, 2.24) is 9.55 Å². The topological polar surface area (TPSA) is 56.1 Å². The normalized spacial score (nSPS) is 10.6. The molecule has 2 aromatic carbocycles. The first-order valence-corrected chi connectivity index (χ1v) is 9.78. The highest BCUT2D eigenvalue weighted by molar-refractivity contribution is 8.00. The Morgan fingerprint density at radius 3 is 2.89 bits per heavy atom. The summed E-state index contributed by atoms with van der Waals surface area (Å²) < 4.78 is 7.79. The second-order valence-electron chi connectivity index (χ2n) is 6.25. The minimum Gasteiger partial charge on any atom is -0.490 e. The molecule has 0 unspecified atom stereocenters. The van der Waals surface area contributed by atoms with Crippen molar-refractivity contribution in [3.05, 3.63) is 72.3 Å². The molecule has 0 saturated heterocycles. The molecule has 0 fully saturated rings. The summed E-state index contributed by atoms with van der Waals surface area (Å²) in [6.07, 6.45) is 5.38. The maximum Gasteiger partial charge on any atom is 0.234 e. The third kappa shape index (κ3) is 5.62. The van der Waals surface area contributed by atoms with Crippen LogP contribution in [0.2, 0.25) is 0 Å². The predicted molar refractivity (Wildman–Crippen MR) is 109 cm³/mol. The molecular formula is C21H23N3O2S. The summed E-state index contributed by atoms with van der Waals surface area (Å²) in [4.78, 5) is 17.5. The van der Waals surface area contributed by atoms with Gasteiger partial charge in [-0.2, -0.15) is 0 Å². The van der Waals surface area contributed by atoms with Gasteiger partial charge in [-0.05, 0) is 37.6 Å². The summed E-state index contributed by atoms with van der Waals surface area (Å²) in [5.41, 5.74) is 3.07. The van der Waals surface area contributed by atoms with Gasteiger partial charge in [-0.25, -0.2) is 4.98 Å². The Bertz CT molecular complexity index is 894. The Morgan fingerprint density at radius 2 is 2.07 bits per heavy atom. The van der Waals surface area contributed by atoms with Gasteiger partial charge in [0.1, 0.15) is 12.4 Å². The molecule has 0 aliphatic heterocycles. The fourth-order valence-electron chi connectivity index (χ4n) is 2.57. The number of hydrogen-bond acceptors (Lipinski definition) is 4. The molecule has 0 saturated carbocycles. The molecule has 6 heteroatoms. The highest BCUT2D eigenvalue weighted by Crippen LogP contribution is 2.26. The van der Waals surface area contributed by atoms with Crippen LogP contribution in [0, 0.1) is 13.8 Å². The number of aryl methyl sites for hydroxylation is 2. The molecule has 0 radical (unpaired) electrons. The molecule has 140 valence electrons. The van der Waals surface area contributed by atoms with Crippen molar-refractivity contribution in [3.63, 3.8) is 0 Å². The zero-order valence-electron chi connectivity index (χ0n) is 15.5. The van der Waals surface area contributed by atoms with Crippen molar-refractivity contribution in [1.29, 1.82) is 0 Å². The van der Waals surface area contributed by atoms with E-state index in [2.05, 4.69) is 42.3 Å². The summed E-state index contributed by atoms with van der Waals surface area (Å²) in [6, 6.07) is 13.8. The number of nitrogens with zero attached hydrogens (tertiary/aromatic N) is 2. The monoisotopic (exact) mass is 381 g/mol. The number of rotatable bonds is 8. The molecule has 0 bridgehead atoms. The smallest absolute Gasteiger partial charge is 0.234 e. The van der Waals surface area contributed by atoms with Crippen molar-refractivity contribution < 1.29 is 9.53 Å². The standard InChI is InChI=1S/C21H23N3O2S/c1-16-7-8-17(2)20(13-16)27-14-21(25)23-18-5-3-4-6-19(18)26-12-11-24-10-9-22-15-24/h3-10,13,15H,11-12,14H2,1-2H3,(H,23,25). The lowest BCUT2D eigenvalue weighted by atomic mass is 10.2. The Balaban J connectivity index is 1.55. The number of benzene rings is 2. The minimum atomic E-state index is -0.0495. The molecule has 3 rings (SSSR count). The Hall–Kier alpha value is -2.73. The zero-order valence-corrected chi connectivity index (χ0v) is 16.3. The number of para-hydroxylation sites is 2. The number of imidazole rings is 1.